The summed E-state index contributed by atoms with van der Waals surface area (Å²) in [4.78, 5) is 56.9. The molecular formula is C23H25Na4O11P. The zero-order chi connectivity index (χ0) is 25.2. The molecule has 5 aliphatic rings. The fourth-order valence-corrected chi connectivity index (χ4v) is 7.21. The molecule has 1 aromatic carbocycles. The van der Waals surface area contributed by atoms with Crippen LogP contribution in [0.1, 0.15) is 51.0 Å². The van der Waals surface area contributed by atoms with Gasteiger partial charge in [0.2, 0.25) is 0 Å². The monoisotopic (exact) mass is 600 g/mol. The Balaban J connectivity index is 0.00000190. The normalized spacial score (nSPS) is 32.0. The molecule has 0 N–H and O–H groups in total. The molecule has 11 nitrogen and oxygen atoms in total. The van der Waals surface area contributed by atoms with Gasteiger partial charge in [-0.15, -0.1) is 0 Å². The van der Waals surface area contributed by atoms with Crippen LogP contribution in [-0.4, -0.2) is 24.1 Å². The van der Waals surface area contributed by atoms with E-state index in [-0.39, 0.29) is 142 Å². The second-order valence-electron chi connectivity index (χ2n) is 10.5. The van der Waals surface area contributed by atoms with Gasteiger partial charge >= 0.3 is 118 Å². The summed E-state index contributed by atoms with van der Waals surface area (Å²) >= 11 is 0. The van der Waals surface area contributed by atoms with Gasteiger partial charge < -0.3 is 43.4 Å². The molecule has 4 bridgehead atoms. The van der Waals surface area contributed by atoms with E-state index in [1.165, 1.54) is 24.6 Å². The first-order valence-electron chi connectivity index (χ1n) is 11.7. The van der Waals surface area contributed by atoms with Gasteiger partial charge in [-0.25, -0.2) is 4.89 Å². The van der Waals surface area contributed by atoms with Crippen molar-refractivity contribution in [3.8, 4) is 5.75 Å². The van der Waals surface area contributed by atoms with Crippen molar-refractivity contribution in [3.63, 3.8) is 0 Å². The molecule has 1 atom stereocenters. The van der Waals surface area contributed by atoms with Crippen LogP contribution in [0, 0.1) is 29.1 Å². The van der Waals surface area contributed by atoms with Crippen molar-refractivity contribution in [2.24, 2.45) is 29.1 Å². The number of rotatable bonds is 9. The van der Waals surface area contributed by atoms with Crippen LogP contribution < -0.4 is 143 Å². The van der Waals surface area contributed by atoms with Gasteiger partial charge in [-0.3, -0.25) is 0 Å². The fraction of sp³-hybridized carbons (Fsp3) is 0.652. The molecule has 1 aliphatic heterocycles. The Bertz CT molecular complexity index is 1060. The van der Waals surface area contributed by atoms with Crippen molar-refractivity contribution < 1.29 is 171 Å². The Morgan fingerprint density at radius 2 is 1.51 bits per heavy atom. The Hall–Kier alpha value is 1.99. The molecule has 16 heteroatoms. The summed E-state index contributed by atoms with van der Waals surface area (Å²) in [6.45, 7) is 0.627. The standard InChI is InChI=1S/C23H29O11P.4Na/c1-21(19(24)25,20(26)27)5-6-31-23(15-3-2-4-18(12-15)32-35(28,29)30)22(33-34-23)16-8-13-7-14(10-16)11-17(22)9-13;;;;/h2-4,12-14,16-17H,5-11H2,1H3,(H,24,25)(H,26,27)(H2,28,29,30);;;;/q;4*+1/p-4. The minimum Gasteiger partial charge on any atom is -0.780 e. The van der Waals surface area contributed by atoms with Crippen molar-refractivity contribution in [3.05, 3.63) is 29.8 Å². The largest absolute Gasteiger partial charge is 1.00 e. The van der Waals surface area contributed by atoms with E-state index in [0.717, 1.165) is 32.6 Å². The van der Waals surface area contributed by atoms with Crippen LogP contribution in [0.15, 0.2) is 24.3 Å². The first kappa shape index (κ1) is 39.0. The zero-order valence-corrected chi connectivity index (χ0v) is 31.9. The summed E-state index contributed by atoms with van der Waals surface area (Å²) in [7, 11) is -5.33. The molecule has 1 heterocycles. The van der Waals surface area contributed by atoms with Crippen molar-refractivity contribution in [1.82, 2.24) is 0 Å². The predicted molar refractivity (Wildman–Crippen MR) is 107 cm³/mol. The van der Waals surface area contributed by atoms with Crippen LogP contribution in [0.5, 0.6) is 5.75 Å². The molecule has 6 rings (SSSR count). The Labute approximate surface area is 315 Å². The topological polar surface area (TPSA) is 180 Å². The van der Waals surface area contributed by atoms with Crippen LogP contribution in [0.4, 0.5) is 0 Å². The number of carboxylic acid groups (broad SMARTS) is 2. The number of carbonyl (C=O) groups is 2. The molecule has 4 saturated carbocycles. The summed E-state index contributed by atoms with van der Waals surface area (Å²) in [6.07, 6.45) is 4.27. The average Bonchev–Trinajstić information content (AvgIpc) is 2.74. The predicted octanol–water partition coefficient (Wildman–Crippen LogP) is -12.9. The maximum Gasteiger partial charge on any atom is 1.00 e. The van der Waals surface area contributed by atoms with Gasteiger partial charge in [-0.05, 0) is 81.3 Å². The van der Waals surface area contributed by atoms with E-state index >= 15 is 0 Å². The molecule has 1 unspecified atom stereocenters. The Kier molecular flexibility index (Phi) is 14.4. The van der Waals surface area contributed by atoms with Crippen molar-refractivity contribution >= 4 is 19.8 Å². The Morgan fingerprint density at radius 3 is 1.95 bits per heavy atom. The first-order valence-corrected chi connectivity index (χ1v) is 13.1. The van der Waals surface area contributed by atoms with Crippen LogP contribution in [0.3, 0.4) is 0 Å². The third-order valence-electron chi connectivity index (χ3n) is 8.40. The van der Waals surface area contributed by atoms with Crippen LogP contribution >= 0.6 is 7.82 Å². The number of aliphatic carboxylic acids is 2. The molecule has 39 heavy (non-hydrogen) atoms. The number of hydrogen-bond acceptors (Lipinski definition) is 11. The molecule has 0 aromatic heterocycles. The van der Waals surface area contributed by atoms with Crippen LogP contribution in [0.25, 0.3) is 0 Å². The Morgan fingerprint density at radius 1 is 0.974 bits per heavy atom. The summed E-state index contributed by atoms with van der Waals surface area (Å²) in [5.74, 6) is -4.17. The zero-order valence-electron chi connectivity index (χ0n) is 23.0. The van der Waals surface area contributed by atoms with Gasteiger partial charge in [0.1, 0.15) is 13.6 Å². The summed E-state index contributed by atoms with van der Waals surface area (Å²) in [5.41, 5.74) is -2.91. The molecular weight excluding hydrogens is 575 g/mol. The number of phosphoric ester groups is 1. The fourth-order valence-electron chi connectivity index (χ4n) is 6.84. The van der Waals surface area contributed by atoms with Gasteiger partial charge in [-0.1, -0.05) is 12.1 Å². The van der Waals surface area contributed by atoms with Gasteiger partial charge in [-0.2, -0.15) is 4.89 Å². The molecule has 4 aliphatic carbocycles. The molecule has 1 saturated heterocycles. The van der Waals surface area contributed by atoms with Gasteiger partial charge in [0.15, 0.2) is 5.60 Å². The number of carbonyl (C=O) groups excluding carboxylic acids is 2. The van der Waals surface area contributed by atoms with Crippen molar-refractivity contribution in [1.29, 1.82) is 0 Å². The van der Waals surface area contributed by atoms with Gasteiger partial charge in [0.25, 0.3) is 5.79 Å². The molecule has 1 spiro atoms. The second kappa shape index (κ2) is 14.4. The minimum absolute atomic E-state index is 0. The maximum atomic E-state index is 11.5. The quantitative estimate of drug-likeness (QED) is 0.114. The second-order valence-corrected chi connectivity index (χ2v) is 11.5. The molecule has 192 valence electrons. The number of benzene rings is 1. The summed E-state index contributed by atoms with van der Waals surface area (Å²) < 4.78 is 21.9. The van der Waals surface area contributed by atoms with Gasteiger partial charge in [0, 0.05) is 11.0 Å². The van der Waals surface area contributed by atoms with E-state index in [2.05, 4.69) is 4.52 Å². The summed E-state index contributed by atoms with van der Waals surface area (Å²) in [6, 6.07) is 5.70. The van der Waals surface area contributed by atoms with Crippen molar-refractivity contribution in [2.45, 2.75) is 56.8 Å². The third-order valence-corrected chi connectivity index (χ3v) is 8.84. The van der Waals surface area contributed by atoms with Crippen LogP contribution in [-0.2, 0) is 34.5 Å². The number of carboxylic acids is 2. The van der Waals surface area contributed by atoms with E-state index in [1.807, 2.05) is 0 Å². The average molecular weight is 600 g/mol. The molecule has 1 aromatic rings. The van der Waals surface area contributed by atoms with Gasteiger partial charge in [0.05, 0.1) is 18.5 Å². The van der Waals surface area contributed by atoms with E-state index in [0.29, 0.717) is 17.4 Å². The summed E-state index contributed by atoms with van der Waals surface area (Å²) in [5, 5.41) is 23.0. The maximum absolute atomic E-state index is 11.5. The molecule has 0 radical (unpaired) electrons. The van der Waals surface area contributed by atoms with E-state index < -0.39 is 43.0 Å². The molecule has 5 fully saturated rings. The van der Waals surface area contributed by atoms with E-state index in [1.54, 1.807) is 6.07 Å². The molecule has 0 amide bonds. The minimum atomic E-state index is -5.33. The number of ether oxygens (including phenoxy) is 1. The number of phosphoric acid groups is 1. The SMILES string of the molecule is CC(CCOC1(c2cccc(OP(=O)([O-])[O-])c2)OOC12C1CC3CC(C1)CC2C3)(C(=O)[O-])C(=O)[O-].[Na+].[Na+].[Na+].[Na+]. The first-order chi connectivity index (χ1) is 16.4. The van der Waals surface area contributed by atoms with E-state index in [9.17, 15) is 34.2 Å². The van der Waals surface area contributed by atoms with E-state index in [4.69, 9.17) is 14.5 Å². The van der Waals surface area contributed by atoms with Crippen LogP contribution in [0.2, 0.25) is 0 Å². The smallest absolute Gasteiger partial charge is 0.780 e. The third kappa shape index (κ3) is 6.97. The number of hydrogen-bond donors (Lipinski definition) is 0. The van der Waals surface area contributed by atoms with Crippen molar-refractivity contribution in [2.75, 3.05) is 6.61 Å².